The molecule has 7 nitrogen and oxygen atoms in total. The molecule has 3 heterocycles. The number of nitrogens with one attached hydrogen (secondary N) is 2. The predicted octanol–water partition coefficient (Wildman–Crippen LogP) is 5.50. The summed E-state index contributed by atoms with van der Waals surface area (Å²) < 4.78 is 19.8. The number of hydrogen-bond acceptors (Lipinski definition) is 4. The number of nitrogens with two attached hydrogens (primary N) is 1. The summed E-state index contributed by atoms with van der Waals surface area (Å²) in [6.07, 6.45) is 4.35. The molecule has 4 N–H and O–H groups in total. The number of aromatic nitrogens is 3. The zero-order valence-corrected chi connectivity index (χ0v) is 24.6. The lowest BCUT2D eigenvalue weighted by Crippen LogP contribution is -2.66. The summed E-state index contributed by atoms with van der Waals surface area (Å²) in [5.41, 5.74) is 10.5. The molecule has 0 spiro atoms. The molecule has 10 heteroatoms. The molecule has 2 aliphatic carbocycles. The van der Waals surface area contributed by atoms with E-state index in [-0.39, 0.29) is 15.5 Å². The van der Waals surface area contributed by atoms with E-state index in [9.17, 15) is 4.79 Å². The maximum Gasteiger partial charge on any atom is 0.252 e. The van der Waals surface area contributed by atoms with Gasteiger partial charge in [0.05, 0.1) is 38.0 Å². The number of imidazole rings is 1. The minimum absolute atomic E-state index is 0.241. The van der Waals surface area contributed by atoms with Gasteiger partial charge in [0.1, 0.15) is 11.3 Å². The van der Waals surface area contributed by atoms with Crippen molar-refractivity contribution in [3.05, 3.63) is 47.8 Å². The Morgan fingerprint density at radius 3 is 2.78 bits per heavy atom. The molecule has 37 heavy (non-hydrogen) atoms. The highest BCUT2D eigenvalue weighted by atomic mass is 127. The first-order valence-corrected chi connectivity index (χ1v) is 15.2. The molecular formula is C27H27FI2N6O. The minimum atomic E-state index is -0.456. The largest absolute Gasteiger partial charge is 0.381 e. The van der Waals surface area contributed by atoms with Crippen molar-refractivity contribution in [2.75, 3.05) is 11.9 Å². The number of hydrogen-bond donors (Lipinski definition) is 3. The van der Waals surface area contributed by atoms with Gasteiger partial charge in [-0.3, -0.25) is 4.79 Å². The molecule has 7 rings (SSSR count). The van der Waals surface area contributed by atoms with Crippen LogP contribution in [0.4, 0.5) is 10.1 Å². The molecule has 0 saturated heterocycles. The van der Waals surface area contributed by atoms with Crippen LogP contribution in [0.5, 0.6) is 0 Å². The van der Waals surface area contributed by atoms with Gasteiger partial charge < -0.3 is 25.5 Å². The molecule has 1 amide bonds. The van der Waals surface area contributed by atoms with E-state index in [4.69, 9.17) is 10.7 Å². The molecule has 0 bridgehead atoms. The standard InChI is InChI=1S/C27H27FI2N6O/c1-35-23-16(28)9-15(25(37)34-26(30)27(31)8-7-21(27)29)10-18(23)33-24(35)19-11-14-3-2-4-17-22(14)36(19)20(12-32-17)13-5-6-13/h2-4,9-11,13,20-21,26,32H,5-8,12,31H2,1H3,(H,34,37)/t20-,21+,26-,27-/m0/s1. The summed E-state index contributed by atoms with van der Waals surface area (Å²) in [7, 11) is 1.85. The molecule has 2 aromatic carbocycles. The first-order chi connectivity index (χ1) is 17.8. The molecule has 3 aliphatic rings. The first-order valence-electron chi connectivity index (χ1n) is 12.7. The number of nitrogens with zero attached hydrogens (tertiary/aromatic N) is 3. The Bertz CT molecular complexity index is 1590. The van der Waals surface area contributed by atoms with Crippen LogP contribution in [0.15, 0.2) is 36.4 Å². The smallest absolute Gasteiger partial charge is 0.252 e. The van der Waals surface area contributed by atoms with Gasteiger partial charge in [0.15, 0.2) is 5.82 Å². The van der Waals surface area contributed by atoms with Crippen molar-refractivity contribution in [3.63, 3.8) is 0 Å². The molecule has 2 saturated carbocycles. The molecule has 4 atom stereocenters. The third-order valence-corrected chi connectivity index (χ3v) is 11.7. The SMILES string of the molecule is Cn1c(-c2cc3cccc4c3n2[C@H](C2CC2)CN4)nc2cc(C(=O)N[C@H](I)[C@]3(N)CC[C@H]3I)cc(F)c21. The Morgan fingerprint density at radius 2 is 2.08 bits per heavy atom. The van der Waals surface area contributed by atoms with Gasteiger partial charge >= 0.3 is 0 Å². The number of carbonyl (C=O) groups is 1. The number of halogens is 3. The Balaban J connectivity index is 1.31. The predicted molar refractivity (Wildman–Crippen MR) is 161 cm³/mol. The lowest BCUT2D eigenvalue weighted by molar-refractivity contribution is 0.0928. The van der Waals surface area contributed by atoms with Crippen LogP contribution >= 0.6 is 45.2 Å². The van der Waals surface area contributed by atoms with E-state index in [2.05, 4.69) is 84.6 Å². The van der Waals surface area contributed by atoms with Crippen molar-refractivity contribution in [2.45, 2.75) is 45.2 Å². The summed E-state index contributed by atoms with van der Waals surface area (Å²) in [5.74, 6) is 0.557. The zero-order valence-electron chi connectivity index (χ0n) is 20.3. The van der Waals surface area contributed by atoms with E-state index in [1.807, 2.05) is 11.6 Å². The van der Waals surface area contributed by atoms with Crippen LogP contribution in [0, 0.1) is 11.7 Å². The Labute approximate surface area is 241 Å². The highest BCUT2D eigenvalue weighted by Crippen LogP contribution is 2.47. The number of amides is 1. The number of rotatable bonds is 5. The number of benzene rings is 2. The topological polar surface area (TPSA) is 89.9 Å². The van der Waals surface area contributed by atoms with Crippen LogP contribution in [0.25, 0.3) is 33.5 Å². The van der Waals surface area contributed by atoms with Gasteiger partial charge in [0, 0.05) is 28.5 Å². The minimum Gasteiger partial charge on any atom is -0.381 e. The third kappa shape index (κ3) is 3.64. The molecule has 1 aliphatic heterocycles. The van der Waals surface area contributed by atoms with Crippen molar-refractivity contribution >= 4 is 78.7 Å². The highest BCUT2D eigenvalue weighted by Gasteiger charge is 2.47. The van der Waals surface area contributed by atoms with Crippen LogP contribution in [0.1, 0.15) is 42.1 Å². The maximum absolute atomic E-state index is 15.5. The Kier molecular flexibility index (Phi) is 5.57. The van der Waals surface area contributed by atoms with E-state index < -0.39 is 11.4 Å². The molecule has 2 fully saturated rings. The van der Waals surface area contributed by atoms with Gasteiger partial charge in [-0.2, -0.15) is 0 Å². The lowest BCUT2D eigenvalue weighted by Gasteiger charge is -2.47. The summed E-state index contributed by atoms with van der Waals surface area (Å²) >= 11 is 4.53. The van der Waals surface area contributed by atoms with Crippen molar-refractivity contribution in [1.29, 1.82) is 0 Å². The van der Waals surface area contributed by atoms with E-state index in [1.54, 1.807) is 6.07 Å². The third-order valence-electron chi connectivity index (χ3n) is 8.42. The van der Waals surface area contributed by atoms with Crippen LogP contribution in [-0.4, -0.2) is 40.1 Å². The number of carbonyl (C=O) groups excluding carboxylic acids is 1. The van der Waals surface area contributed by atoms with Crippen molar-refractivity contribution in [3.8, 4) is 11.5 Å². The van der Waals surface area contributed by atoms with Gasteiger partial charge in [-0.05, 0) is 55.9 Å². The number of alkyl halides is 2. The first kappa shape index (κ1) is 24.1. The van der Waals surface area contributed by atoms with E-state index in [1.165, 1.54) is 24.4 Å². The fourth-order valence-corrected chi connectivity index (χ4v) is 8.67. The lowest BCUT2D eigenvalue weighted by atomic mass is 9.77. The molecule has 0 radical (unpaired) electrons. The van der Waals surface area contributed by atoms with Gasteiger partial charge in [-0.1, -0.05) is 57.3 Å². The van der Waals surface area contributed by atoms with Crippen LogP contribution in [-0.2, 0) is 7.05 Å². The molecule has 0 unspecified atom stereocenters. The summed E-state index contributed by atoms with van der Waals surface area (Å²) in [4.78, 5) is 18.0. The summed E-state index contributed by atoms with van der Waals surface area (Å²) in [6.45, 7) is 0.874. The van der Waals surface area contributed by atoms with Crippen LogP contribution < -0.4 is 16.4 Å². The van der Waals surface area contributed by atoms with Crippen molar-refractivity contribution < 1.29 is 9.18 Å². The fraction of sp³-hybridized carbons (Fsp3) is 0.407. The molecular weight excluding hydrogens is 697 g/mol. The number of aryl methyl sites for hydroxylation is 1. The number of fused-ring (bicyclic) bond motifs is 1. The van der Waals surface area contributed by atoms with Crippen LogP contribution in [0.3, 0.4) is 0 Å². The second-order valence-electron chi connectivity index (χ2n) is 10.7. The normalized spacial score (nSPS) is 25.6. The Morgan fingerprint density at radius 1 is 1.27 bits per heavy atom. The monoisotopic (exact) mass is 724 g/mol. The van der Waals surface area contributed by atoms with E-state index >= 15 is 4.39 Å². The fourth-order valence-electron chi connectivity index (χ4n) is 5.97. The van der Waals surface area contributed by atoms with E-state index in [0.29, 0.717) is 32.7 Å². The molecule has 2 aromatic heterocycles. The number of anilines is 1. The number of para-hydroxylation sites is 1. The maximum atomic E-state index is 15.5. The van der Waals surface area contributed by atoms with Gasteiger partial charge in [-0.15, -0.1) is 0 Å². The van der Waals surface area contributed by atoms with Gasteiger partial charge in [0.2, 0.25) is 0 Å². The average molecular weight is 724 g/mol. The van der Waals surface area contributed by atoms with Gasteiger partial charge in [-0.25, -0.2) is 9.37 Å². The quantitative estimate of drug-likeness (QED) is 0.144. The second kappa shape index (κ2) is 8.54. The zero-order chi connectivity index (χ0) is 25.6. The van der Waals surface area contributed by atoms with Crippen molar-refractivity contribution in [1.82, 2.24) is 19.4 Å². The van der Waals surface area contributed by atoms with E-state index in [0.717, 1.165) is 36.2 Å². The van der Waals surface area contributed by atoms with Crippen molar-refractivity contribution in [2.24, 2.45) is 18.7 Å². The second-order valence-corrected chi connectivity index (χ2v) is 13.5. The molecule has 192 valence electrons. The Hall–Kier alpha value is -1.93. The summed E-state index contributed by atoms with van der Waals surface area (Å²) in [6, 6.07) is 11.8. The molecule has 4 aromatic rings. The highest BCUT2D eigenvalue weighted by molar-refractivity contribution is 14.1. The van der Waals surface area contributed by atoms with Crippen LogP contribution in [0.2, 0.25) is 0 Å². The average Bonchev–Trinajstić information content (AvgIpc) is 3.58. The summed E-state index contributed by atoms with van der Waals surface area (Å²) in [5, 5.41) is 7.75. The van der Waals surface area contributed by atoms with Gasteiger partial charge in [0.25, 0.3) is 5.91 Å².